The predicted molar refractivity (Wildman–Crippen MR) is 62.5 cm³/mol. The summed E-state index contributed by atoms with van der Waals surface area (Å²) in [7, 11) is 0. The Bertz CT molecular complexity index is 506. The van der Waals surface area contributed by atoms with Crippen molar-refractivity contribution in [1.82, 2.24) is 19.7 Å². The molecule has 0 aliphatic carbocycles. The van der Waals surface area contributed by atoms with Gasteiger partial charge in [0.05, 0.1) is 24.6 Å². The number of allylic oxidation sites excluding steroid dienone is 1. The summed E-state index contributed by atoms with van der Waals surface area (Å²) in [5, 5.41) is 11.1. The summed E-state index contributed by atoms with van der Waals surface area (Å²) < 4.78 is 1.85. The van der Waals surface area contributed by atoms with Crippen molar-refractivity contribution in [2.75, 3.05) is 0 Å². The molecule has 0 atom stereocenters. The first-order valence-electron chi connectivity index (χ1n) is 4.98. The van der Waals surface area contributed by atoms with Gasteiger partial charge in [0.15, 0.2) is 0 Å². The fourth-order valence-corrected chi connectivity index (χ4v) is 1.41. The van der Waals surface area contributed by atoms with Gasteiger partial charge in [0.2, 0.25) is 0 Å². The summed E-state index contributed by atoms with van der Waals surface area (Å²) in [6, 6.07) is 0. The van der Waals surface area contributed by atoms with E-state index < -0.39 is 0 Å². The Kier molecular flexibility index (Phi) is 2.95. The second-order valence-electron chi connectivity index (χ2n) is 3.53. The second-order valence-corrected chi connectivity index (χ2v) is 3.53. The molecular weight excluding hydrogens is 202 g/mol. The maximum atomic E-state index is 6.87. The lowest BCUT2D eigenvalue weighted by atomic mass is 10.4. The van der Waals surface area contributed by atoms with Gasteiger partial charge < -0.3 is 10.4 Å². The highest BCUT2D eigenvalue weighted by atomic mass is 15.3. The zero-order chi connectivity index (χ0) is 11.4. The highest BCUT2D eigenvalue weighted by molar-refractivity contribution is 5.74. The van der Waals surface area contributed by atoms with Crippen molar-refractivity contribution in [1.29, 1.82) is 5.41 Å². The molecule has 2 heterocycles. The number of H-pyrrole nitrogens is 1. The molecule has 5 heteroatoms. The van der Waals surface area contributed by atoms with Crippen molar-refractivity contribution in [3.05, 3.63) is 41.7 Å². The Morgan fingerprint density at radius 2 is 2.38 bits per heavy atom. The average Bonchev–Trinajstić information content (AvgIpc) is 2.86. The molecule has 0 saturated carbocycles. The Morgan fingerprint density at radius 3 is 3.06 bits per heavy atom. The number of rotatable bonds is 4. The second kappa shape index (κ2) is 4.57. The van der Waals surface area contributed by atoms with Gasteiger partial charge in [-0.25, -0.2) is 4.98 Å². The molecule has 16 heavy (non-hydrogen) atoms. The number of imidazole rings is 1. The lowest BCUT2D eigenvalue weighted by Gasteiger charge is -1.96. The van der Waals surface area contributed by atoms with E-state index in [0.717, 1.165) is 17.1 Å². The molecule has 0 unspecified atom stereocenters. The summed E-state index contributed by atoms with van der Waals surface area (Å²) in [6.45, 7) is 2.69. The SMILES string of the molecule is Cc1cnn(Cc2cnc(/C=C\C=N)[nH]2)c1. The van der Waals surface area contributed by atoms with E-state index in [1.165, 1.54) is 6.21 Å². The Balaban J connectivity index is 2.08. The molecule has 2 aromatic heterocycles. The minimum Gasteiger partial charge on any atom is -0.341 e. The van der Waals surface area contributed by atoms with Crippen molar-refractivity contribution in [2.24, 2.45) is 0 Å². The van der Waals surface area contributed by atoms with Crippen LogP contribution in [-0.4, -0.2) is 26.0 Å². The Labute approximate surface area is 93.3 Å². The van der Waals surface area contributed by atoms with Crippen molar-refractivity contribution in [3.63, 3.8) is 0 Å². The Morgan fingerprint density at radius 1 is 1.50 bits per heavy atom. The molecule has 2 N–H and O–H groups in total. The van der Waals surface area contributed by atoms with Crippen LogP contribution in [0.2, 0.25) is 0 Å². The molecule has 2 rings (SSSR count). The molecular formula is C11H13N5. The minimum atomic E-state index is 0.680. The van der Waals surface area contributed by atoms with Crippen LogP contribution in [0.3, 0.4) is 0 Å². The zero-order valence-electron chi connectivity index (χ0n) is 9.01. The highest BCUT2D eigenvalue weighted by Crippen LogP contribution is 2.02. The number of nitrogens with zero attached hydrogens (tertiary/aromatic N) is 3. The minimum absolute atomic E-state index is 0.680. The van der Waals surface area contributed by atoms with E-state index in [-0.39, 0.29) is 0 Å². The van der Waals surface area contributed by atoms with Gasteiger partial charge in [0, 0.05) is 12.4 Å². The molecule has 2 aromatic rings. The third-order valence-electron chi connectivity index (χ3n) is 2.09. The molecule has 0 aliphatic heterocycles. The quantitative estimate of drug-likeness (QED) is 0.761. The Hall–Kier alpha value is -2.17. The third kappa shape index (κ3) is 2.44. The average molecular weight is 215 g/mol. The molecule has 0 spiro atoms. The first kappa shape index (κ1) is 10.4. The number of hydrogen-bond acceptors (Lipinski definition) is 3. The van der Waals surface area contributed by atoms with Crippen molar-refractivity contribution in [3.8, 4) is 0 Å². The molecule has 0 bridgehead atoms. The van der Waals surface area contributed by atoms with Gasteiger partial charge in [-0.15, -0.1) is 0 Å². The number of nitrogens with one attached hydrogen (secondary N) is 2. The van der Waals surface area contributed by atoms with E-state index in [4.69, 9.17) is 5.41 Å². The number of aryl methyl sites for hydroxylation is 1. The van der Waals surface area contributed by atoms with Crippen LogP contribution < -0.4 is 0 Å². The largest absolute Gasteiger partial charge is 0.341 e. The van der Waals surface area contributed by atoms with E-state index in [9.17, 15) is 0 Å². The summed E-state index contributed by atoms with van der Waals surface area (Å²) >= 11 is 0. The van der Waals surface area contributed by atoms with Gasteiger partial charge in [0.25, 0.3) is 0 Å². The van der Waals surface area contributed by atoms with Crippen molar-refractivity contribution in [2.45, 2.75) is 13.5 Å². The van der Waals surface area contributed by atoms with Gasteiger partial charge in [-0.05, 0) is 24.6 Å². The fraction of sp³-hybridized carbons (Fsp3) is 0.182. The summed E-state index contributed by atoms with van der Waals surface area (Å²) in [4.78, 5) is 7.31. The molecule has 0 fully saturated rings. The lowest BCUT2D eigenvalue weighted by Crippen LogP contribution is -1.99. The number of hydrogen-bond donors (Lipinski definition) is 2. The van der Waals surface area contributed by atoms with E-state index in [1.807, 2.05) is 24.0 Å². The van der Waals surface area contributed by atoms with Crippen LogP contribution in [-0.2, 0) is 6.54 Å². The topological polar surface area (TPSA) is 70.3 Å². The number of aromatic amines is 1. The lowest BCUT2D eigenvalue weighted by molar-refractivity contribution is 0.675. The first-order valence-corrected chi connectivity index (χ1v) is 4.98. The van der Waals surface area contributed by atoms with Crippen LogP contribution >= 0.6 is 0 Å². The smallest absolute Gasteiger partial charge is 0.130 e. The molecule has 0 aliphatic rings. The normalized spacial score (nSPS) is 11.1. The molecule has 82 valence electrons. The standard InChI is InChI=1S/C11H13N5/c1-9-5-14-16(7-9)8-10-6-13-11(15-10)3-2-4-12/h2-7,12H,8H2,1H3,(H,13,15)/b3-2-,12-4?. The van der Waals surface area contributed by atoms with Gasteiger partial charge in [-0.2, -0.15) is 5.10 Å². The van der Waals surface area contributed by atoms with Gasteiger partial charge in [0.1, 0.15) is 5.82 Å². The van der Waals surface area contributed by atoms with Crippen LogP contribution in [0.1, 0.15) is 17.1 Å². The van der Waals surface area contributed by atoms with Gasteiger partial charge in [-0.3, -0.25) is 4.68 Å². The van der Waals surface area contributed by atoms with Gasteiger partial charge >= 0.3 is 0 Å². The van der Waals surface area contributed by atoms with E-state index in [2.05, 4.69) is 15.1 Å². The fourth-order valence-electron chi connectivity index (χ4n) is 1.41. The maximum Gasteiger partial charge on any atom is 0.130 e. The molecule has 0 saturated heterocycles. The molecule has 5 nitrogen and oxygen atoms in total. The first-order chi connectivity index (χ1) is 7.78. The van der Waals surface area contributed by atoms with Crippen LogP contribution in [0, 0.1) is 12.3 Å². The highest BCUT2D eigenvalue weighted by Gasteiger charge is 1.99. The van der Waals surface area contributed by atoms with E-state index in [1.54, 1.807) is 18.3 Å². The molecule has 0 radical (unpaired) electrons. The summed E-state index contributed by atoms with van der Waals surface area (Å²) in [6.07, 6.45) is 10.2. The van der Waals surface area contributed by atoms with Crippen molar-refractivity contribution < 1.29 is 0 Å². The van der Waals surface area contributed by atoms with Crippen LogP contribution in [0.4, 0.5) is 0 Å². The summed E-state index contributed by atoms with van der Waals surface area (Å²) in [5.41, 5.74) is 2.14. The van der Waals surface area contributed by atoms with Crippen LogP contribution in [0.5, 0.6) is 0 Å². The van der Waals surface area contributed by atoms with Crippen LogP contribution in [0.25, 0.3) is 6.08 Å². The number of aromatic nitrogens is 4. The van der Waals surface area contributed by atoms with E-state index >= 15 is 0 Å². The molecule has 0 aromatic carbocycles. The third-order valence-corrected chi connectivity index (χ3v) is 2.09. The maximum absolute atomic E-state index is 6.87. The molecule has 0 amide bonds. The van der Waals surface area contributed by atoms with Crippen molar-refractivity contribution >= 4 is 12.3 Å². The summed E-state index contributed by atoms with van der Waals surface area (Å²) in [5.74, 6) is 0.752. The van der Waals surface area contributed by atoms with Gasteiger partial charge in [-0.1, -0.05) is 0 Å². The monoisotopic (exact) mass is 215 g/mol. The van der Waals surface area contributed by atoms with Crippen LogP contribution in [0.15, 0.2) is 24.7 Å². The van der Waals surface area contributed by atoms with E-state index in [0.29, 0.717) is 6.54 Å². The predicted octanol–water partition coefficient (Wildman–Crippen LogP) is 1.63. The zero-order valence-corrected chi connectivity index (χ0v) is 9.01.